The molecule has 0 unspecified atom stereocenters. The molecule has 8 aromatic carbocycles. The van der Waals surface area contributed by atoms with Crippen molar-refractivity contribution in [3.05, 3.63) is 202 Å². The van der Waals surface area contributed by atoms with Gasteiger partial charge in [0.05, 0.1) is 33.1 Å². The molecule has 3 heteroatoms. The molecule has 0 atom stereocenters. The summed E-state index contributed by atoms with van der Waals surface area (Å²) in [6.07, 6.45) is 6.14. The van der Waals surface area contributed by atoms with Crippen LogP contribution in [-0.4, -0.2) is 13.7 Å². The number of fused-ring (bicyclic) bond motifs is 9. The number of nitrogens with zero attached hydrogens (tertiary/aromatic N) is 3. The van der Waals surface area contributed by atoms with Gasteiger partial charge in [-0.05, 0) is 177 Å². The standard InChI is InChI=1S/C70H63N3/c1-14-71-61-33-23-47(17-15-45-19-29-53(30-20-45)72-63-35-25-49(67(2,3)4)41-57(63)58-42-50(68(5,6)7)26-36-64(58)72)39-55(61)56-40-48(24-34-62(56)71)18-16-46-21-31-54(32-22-46)73-65-37-27-51(69(8,9)10)43-59(65)60-44-52(70(11,12)13)28-38-66(60)73/h1,19-44H,2-13H3. The summed E-state index contributed by atoms with van der Waals surface area (Å²) in [6.45, 7) is 27.4. The third-order valence-electron chi connectivity index (χ3n) is 14.8. The van der Waals surface area contributed by atoms with E-state index in [0.717, 1.165) is 55.4 Å². The van der Waals surface area contributed by atoms with Crippen LogP contribution >= 0.6 is 0 Å². The second-order valence-electron chi connectivity index (χ2n) is 24.1. The Kier molecular flexibility index (Phi) is 11.0. The molecular formula is C70H63N3. The monoisotopic (exact) mass is 946 g/mol. The fraction of sp³-hybridized carbons (Fsp3) is 0.229. The van der Waals surface area contributed by atoms with Gasteiger partial charge in [0.15, 0.2) is 0 Å². The van der Waals surface area contributed by atoms with E-state index in [1.807, 2.05) is 4.57 Å². The highest BCUT2D eigenvalue weighted by molar-refractivity contribution is 6.12. The van der Waals surface area contributed by atoms with E-state index in [0.29, 0.717) is 0 Å². The zero-order chi connectivity index (χ0) is 51.4. The molecule has 0 amide bonds. The fourth-order valence-electron chi connectivity index (χ4n) is 10.5. The van der Waals surface area contributed by atoms with Crippen molar-refractivity contribution in [1.82, 2.24) is 13.7 Å². The van der Waals surface area contributed by atoms with Gasteiger partial charge in [-0.1, -0.05) is 137 Å². The van der Waals surface area contributed by atoms with Crippen molar-refractivity contribution >= 4 is 65.4 Å². The zero-order valence-electron chi connectivity index (χ0n) is 44.4. The van der Waals surface area contributed by atoms with Gasteiger partial charge in [-0.2, -0.15) is 0 Å². The molecule has 0 aliphatic rings. The molecule has 0 saturated heterocycles. The Morgan fingerprint density at radius 2 is 0.534 bits per heavy atom. The first kappa shape index (κ1) is 47.2. The Labute approximate surface area is 431 Å². The van der Waals surface area contributed by atoms with Gasteiger partial charge in [0.2, 0.25) is 0 Å². The predicted octanol–water partition coefficient (Wildman–Crippen LogP) is 17.4. The normalized spacial score (nSPS) is 12.4. The average Bonchev–Trinajstić information content (AvgIpc) is 3.98. The Balaban J connectivity index is 0.892. The number of benzene rings is 8. The molecule has 11 rings (SSSR count). The van der Waals surface area contributed by atoms with Crippen molar-refractivity contribution in [3.63, 3.8) is 0 Å². The summed E-state index contributed by atoms with van der Waals surface area (Å²) < 4.78 is 6.70. The summed E-state index contributed by atoms with van der Waals surface area (Å²) in [5.74, 6) is 13.8. The molecule has 0 bridgehead atoms. The molecule has 0 saturated carbocycles. The highest BCUT2D eigenvalue weighted by Crippen LogP contribution is 2.40. The van der Waals surface area contributed by atoms with E-state index in [9.17, 15) is 0 Å². The summed E-state index contributed by atoms with van der Waals surface area (Å²) in [5, 5.41) is 7.23. The first-order chi connectivity index (χ1) is 34.6. The predicted molar refractivity (Wildman–Crippen MR) is 312 cm³/mol. The van der Waals surface area contributed by atoms with Gasteiger partial charge in [0.1, 0.15) is 0 Å². The first-order valence-electron chi connectivity index (χ1n) is 25.6. The Bertz CT molecular complexity index is 3800. The minimum atomic E-state index is 0.0486. The fourth-order valence-corrected chi connectivity index (χ4v) is 10.5. The minimum absolute atomic E-state index is 0.0486. The lowest BCUT2D eigenvalue weighted by atomic mass is 9.85. The maximum Gasteiger partial charge on any atom is 0.0625 e. The molecule has 3 aromatic heterocycles. The largest absolute Gasteiger partial charge is 0.309 e. The van der Waals surface area contributed by atoms with Crippen LogP contribution in [0.1, 0.15) is 128 Å². The van der Waals surface area contributed by atoms with Crippen molar-refractivity contribution in [2.45, 2.75) is 105 Å². The summed E-state index contributed by atoms with van der Waals surface area (Å²) in [5.41, 5.74) is 18.3. The third kappa shape index (κ3) is 8.46. The average molecular weight is 946 g/mol. The second-order valence-corrected chi connectivity index (χ2v) is 24.1. The highest BCUT2D eigenvalue weighted by atomic mass is 15.0. The van der Waals surface area contributed by atoms with E-state index in [1.54, 1.807) is 0 Å². The van der Waals surface area contributed by atoms with Gasteiger partial charge >= 0.3 is 0 Å². The Morgan fingerprint density at radius 1 is 0.288 bits per heavy atom. The molecule has 0 radical (unpaired) electrons. The topological polar surface area (TPSA) is 14.8 Å². The van der Waals surface area contributed by atoms with Gasteiger partial charge in [-0.15, -0.1) is 0 Å². The van der Waals surface area contributed by atoms with Crippen LogP contribution in [0, 0.1) is 36.1 Å². The molecule has 358 valence electrons. The summed E-state index contributed by atoms with van der Waals surface area (Å²) in [4.78, 5) is 0. The van der Waals surface area contributed by atoms with E-state index in [-0.39, 0.29) is 21.7 Å². The van der Waals surface area contributed by atoms with Crippen molar-refractivity contribution in [2.75, 3.05) is 0 Å². The lowest BCUT2D eigenvalue weighted by Crippen LogP contribution is -2.10. The number of terminal acetylenes is 1. The molecular weight excluding hydrogens is 883 g/mol. The van der Waals surface area contributed by atoms with Crippen LogP contribution < -0.4 is 0 Å². The number of rotatable bonds is 2. The molecule has 73 heavy (non-hydrogen) atoms. The van der Waals surface area contributed by atoms with Gasteiger partial charge in [0.25, 0.3) is 0 Å². The van der Waals surface area contributed by atoms with E-state index in [1.165, 1.54) is 65.9 Å². The smallest absolute Gasteiger partial charge is 0.0625 e. The first-order valence-corrected chi connectivity index (χ1v) is 25.6. The molecule has 3 nitrogen and oxygen atoms in total. The van der Waals surface area contributed by atoms with E-state index >= 15 is 0 Å². The van der Waals surface area contributed by atoms with Gasteiger partial charge < -0.3 is 9.13 Å². The maximum absolute atomic E-state index is 6.14. The molecule has 0 N–H and O–H groups in total. The van der Waals surface area contributed by atoms with E-state index < -0.39 is 0 Å². The Morgan fingerprint density at radius 3 is 0.808 bits per heavy atom. The number of aromatic nitrogens is 3. The van der Waals surface area contributed by atoms with Crippen molar-refractivity contribution < 1.29 is 0 Å². The van der Waals surface area contributed by atoms with Crippen molar-refractivity contribution in [2.24, 2.45) is 0 Å². The summed E-state index contributed by atoms with van der Waals surface area (Å²) >= 11 is 0. The molecule has 0 aliphatic carbocycles. The molecule has 3 heterocycles. The van der Waals surface area contributed by atoms with Gasteiger partial charge in [-0.25, -0.2) is 0 Å². The van der Waals surface area contributed by atoms with Gasteiger partial charge in [0, 0.05) is 72.0 Å². The minimum Gasteiger partial charge on any atom is -0.309 e. The van der Waals surface area contributed by atoms with Crippen LogP contribution in [0.2, 0.25) is 0 Å². The third-order valence-corrected chi connectivity index (χ3v) is 14.8. The van der Waals surface area contributed by atoms with Gasteiger partial charge in [-0.3, -0.25) is 4.57 Å². The molecule has 0 aliphatic heterocycles. The maximum atomic E-state index is 6.14. The van der Waals surface area contributed by atoms with Crippen LogP contribution in [0.25, 0.3) is 76.8 Å². The van der Waals surface area contributed by atoms with Crippen LogP contribution in [0.5, 0.6) is 0 Å². The van der Waals surface area contributed by atoms with Crippen LogP contribution in [0.4, 0.5) is 0 Å². The van der Waals surface area contributed by atoms with Crippen molar-refractivity contribution in [1.29, 1.82) is 0 Å². The lowest BCUT2D eigenvalue weighted by molar-refractivity contribution is 0.590. The number of hydrogen-bond acceptors (Lipinski definition) is 0. The van der Waals surface area contributed by atoms with Crippen LogP contribution in [-0.2, 0) is 21.7 Å². The zero-order valence-corrected chi connectivity index (χ0v) is 44.4. The van der Waals surface area contributed by atoms with E-state index in [4.69, 9.17) is 6.42 Å². The molecule has 11 aromatic rings. The molecule has 0 fully saturated rings. The van der Waals surface area contributed by atoms with Crippen LogP contribution in [0.3, 0.4) is 0 Å². The quantitative estimate of drug-likeness (QED) is 0.153. The van der Waals surface area contributed by atoms with Crippen LogP contribution in [0.15, 0.2) is 158 Å². The lowest BCUT2D eigenvalue weighted by Gasteiger charge is -2.19. The summed E-state index contributed by atoms with van der Waals surface area (Å²) in [6, 6.07) is 60.6. The summed E-state index contributed by atoms with van der Waals surface area (Å²) in [7, 11) is 0. The Hall–Kier alpha value is -8.16. The highest BCUT2D eigenvalue weighted by Gasteiger charge is 2.23. The second kappa shape index (κ2) is 17.0. The molecule has 0 spiro atoms. The number of hydrogen-bond donors (Lipinski definition) is 0. The van der Waals surface area contributed by atoms with Crippen molar-refractivity contribution in [3.8, 4) is 47.5 Å². The van der Waals surface area contributed by atoms with E-state index in [2.05, 4.69) is 280 Å². The SMILES string of the molecule is C#Cn1c2ccc(C#Cc3ccc(-n4c5ccc(C(C)(C)C)cc5c5cc(C(C)(C)C)ccc54)cc3)cc2c2cc(C#Cc3ccc(-n4c5ccc(C(C)(C)C)cc5c5cc(C(C)(C)C)ccc54)cc3)ccc21.